The fourth-order valence-corrected chi connectivity index (χ4v) is 3.75. The lowest BCUT2D eigenvalue weighted by Crippen LogP contribution is -2.49. The minimum atomic E-state index is -1.07. The molecule has 0 aromatic heterocycles. The van der Waals surface area contributed by atoms with Crippen LogP contribution in [0.3, 0.4) is 0 Å². The first-order chi connectivity index (χ1) is 12.5. The van der Waals surface area contributed by atoms with Crippen LogP contribution in [-0.2, 0) is 14.4 Å². The molecule has 0 aromatic rings. The molecule has 7 nitrogen and oxygen atoms in total. The lowest BCUT2D eigenvalue weighted by molar-refractivity contribution is -0.143. The third-order valence-corrected chi connectivity index (χ3v) is 5.39. The Bertz CT molecular complexity index is 517. The van der Waals surface area contributed by atoms with Crippen molar-refractivity contribution >= 4 is 17.8 Å². The molecule has 3 N–H and O–H groups in total. The molecule has 0 radical (unpaired) electrons. The van der Waals surface area contributed by atoms with E-state index in [0.717, 1.165) is 38.8 Å². The predicted octanol–water partition coefficient (Wildman–Crippen LogP) is 1.15. The average Bonchev–Trinajstić information content (AvgIpc) is 2.66. The van der Waals surface area contributed by atoms with Crippen LogP contribution in [0.5, 0.6) is 0 Å². The summed E-state index contributed by atoms with van der Waals surface area (Å²) in [6, 6.07) is -0.953. The van der Waals surface area contributed by atoms with Crippen molar-refractivity contribution < 1.29 is 19.5 Å². The molecule has 2 heterocycles. The highest BCUT2D eigenvalue weighted by Gasteiger charge is 2.30. The topological polar surface area (TPSA) is 98.7 Å². The number of amides is 2. The van der Waals surface area contributed by atoms with Gasteiger partial charge in [-0.1, -0.05) is 6.08 Å². The number of aliphatic carboxylic acids is 1. The molecule has 0 spiro atoms. The van der Waals surface area contributed by atoms with Crippen molar-refractivity contribution in [1.82, 2.24) is 15.5 Å². The molecule has 7 heteroatoms. The molecule has 2 aliphatic heterocycles. The average molecular weight is 365 g/mol. The molecule has 2 fully saturated rings. The molecule has 0 aliphatic carbocycles. The molecule has 0 bridgehead atoms. The second-order valence-corrected chi connectivity index (χ2v) is 7.33. The zero-order valence-electron chi connectivity index (χ0n) is 15.4. The molecular weight excluding hydrogens is 334 g/mol. The number of carbonyl (C=O) groups excluding carboxylic acids is 2. The van der Waals surface area contributed by atoms with Crippen molar-refractivity contribution in [3.8, 4) is 0 Å². The Morgan fingerprint density at radius 1 is 1.27 bits per heavy atom. The van der Waals surface area contributed by atoms with Crippen LogP contribution in [0.15, 0.2) is 12.7 Å². The van der Waals surface area contributed by atoms with Gasteiger partial charge in [0.05, 0.1) is 5.92 Å². The zero-order chi connectivity index (χ0) is 18.9. The minimum absolute atomic E-state index is 0.113. The Morgan fingerprint density at radius 2 is 2.00 bits per heavy atom. The van der Waals surface area contributed by atoms with Crippen LogP contribution in [0.4, 0.5) is 0 Å². The van der Waals surface area contributed by atoms with E-state index in [1.807, 2.05) is 0 Å². The van der Waals surface area contributed by atoms with E-state index in [-0.39, 0.29) is 24.2 Å². The first-order valence-electron chi connectivity index (χ1n) is 9.63. The number of piperidine rings is 2. The van der Waals surface area contributed by atoms with E-state index in [4.69, 9.17) is 5.11 Å². The Hall–Kier alpha value is -1.89. The van der Waals surface area contributed by atoms with E-state index in [1.54, 1.807) is 4.90 Å². The lowest BCUT2D eigenvalue weighted by Gasteiger charge is -2.33. The second kappa shape index (κ2) is 10.3. The van der Waals surface area contributed by atoms with Gasteiger partial charge in [0.2, 0.25) is 11.8 Å². The molecule has 2 atom stereocenters. The maximum absolute atomic E-state index is 12.5. The monoisotopic (exact) mass is 365 g/mol. The van der Waals surface area contributed by atoms with Crippen molar-refractivity contribution in [3.63, 3.8) is 0 Å². The predicted molar refractivity (Wildman–Crippen MR) is 98.5 cm³/mol. The van der Waals surface area contributed by atoms with Crippen LogP contribution in [0, 0.1) is 11.8 Å². The summed E-state index contributed by atoms with van der Waals surface area (Å²) in [6.07, 6.45) is 6.82. The van der Waals surface area contributed by atoms with Gasteiger partial charge in [-0.15, -0.1) is 6.58 Å². The van der Waals surface area contributed by atoms with Crippen LogP contribution in [0.25, 0.3) is 0 Å². The highest BCUT2D eigenvalue weighted by atomic mass is 16.4. The lowest BCUT2D eigenvalue weighted by atomic mass is 9.92. The smallest absolute Gasteiger partial charge is 0.326 e. The summed E-state index contributed by atoms with van der Waals surface area (Å²) in [5.41, 5.74) is 0. The van der Waals surface area contributed by atoms with Gasteiger partial charge in [-0.05, 0) is 57.5 Å². The number of carboxylic acid groups (broad SMARTS) is 1. The van der Waals surface area contributed by atoms with Gasteiger partial charge in [0.15, 0.2) is 0 Å². The van der Waals surface area contributed by atoms with Gasteiger partial charge in [0, 0.05) is 19.5 Å². The summed E-state index contributed by atoms with van der Waals surface area (Å²) in [5.74, 6) is -0.960. The van der Waals surface area contributed by atoms with Crippen LogP contribution in [-0.4, -0.2) is 60.0 Å². The highest BCUT2D eigenvalue weighted by molar-refractivity contribution is 5.86. The Labute approximate surface area is 155 Å². The van der Waals surface area contributed by atoms with Crippen molar-refractivity contribution in [2.75, 3.05) is 26.2 Å². The molecule has 0 aromatic carbocycles. The molecule has 0 saturated carbocycles. The number of carbonyl (C=O) groups is 3. The Kier molecular flexibility index (Phi) is 8.09. The number of rotatable bonds is 8. The van der Waals surface area contributed by atoms with E-state index < -0.39 is 12.0 Å². The molecule has 2 amide bonds. The second-order valence-electron chi connectivity index (χ2n) is 7.33. The van der Waals surface area contributed by atoms with Crippen molar-refractivity contribution in [1.29, 1.82) is 0 Å². The number of hydrogen-bond donors (Lipinski definition) is 3. The number of likely N-dealkylation sites (tertiary alicyclic amines) is 1. The molecule has 2 aliphatic rings. The van der Waals surface area contributed by atoms with Gasteiger partial charge in [-0.2, -0.15) is 0 Å². The van der Waals surface area contributed by atoms with Crippen LogP contribution < -0.4 is 10.6 Å². The van der Waals surface area contributed by atoms with Gasteiger partial charge in [0.25, 0.3) is 0 Å². The quantitative estimate of drug-likeness (QED) is 0.561. The standard InChI is InChI=1S/C19H31N3O4/c1-2-4-16(19(25)26)21-18(24)15-5-3-12-22(13-15)17(23)7-6-14-8-10-20-11-9-14/h2,14-16,20H,1,3-13H2,(H,21,24)(H,25,26)/t15-,16+/m1/s1. The maximum atomic E-state index is 12.5. The van der Waals surface area contributed by atoms with Crippen molar-refractivity contribution in [2.24, 2.45) is 11.8 Å². The number of nitrogens with zero attached hydrogens (tertiary/aromatic N) is 1. The van der Waals surface area contributed by atoms with Crippen LogP contribution >= 0.6 is 0 Å². The number of hydrogen-bond acceptors (Lipinski definition) is 4. The molecule has 0 unspecified atom stereocenters. The molecule has 2 rings (SSSR count). The van der Waals surface area contributed by atoms with E-state index in [9.17, 15) is 14.4 Å². The van der Waals surface area contributed by atoms with E-state index in [1.165, 1.54) is 6.08 Å². The number of nitrogens with one attached hydrogen (secondary N) is 2. The van der Waals surface area contributed by atoms with Gasteiger partial charge in [-0.3, -0.25) is 9.59 Å². The summed E-state index contributed by atoms with van der Waals surface area (Å²) in [4.78, 5) is 37.9. The fourth-order valence-electron chi connectivity index (χ4n) is 3.75. The third-order valence-electron chi connectivity index (χ3n) is 5.39. The molecular formula is C19H31N3O4. The Balaban J connectivity index is 1.81. The summed E-state index contributed by atoms with van der Waals surface area (Å²) in [7, 11) is 0. The zero-order valence-corrected chi connectivity index (χ0v) is 15.4. The van der Waals surface area contributed by atoms with E-state index in [2.05, 4.69) is 17.2 Å². The van der Waals surface area contributed by atoms with Crippen LogP contribution in [0.1, 0.15) is 44.9 Å². The number of carboxylic acids is 1. The maximum Gasteiger partial charge on any atom is 0.326 e. The van der Waals surface area contributed by atoms with Gasteiger partial charge in [0.1, 0.15) is 6.04 Å². The van der Waals surface area contributed by atoms with E-state index in [0.29, 0.717) is 31.8 Å². The largest absolute Gasteiger partial charge is 0.480 e. The van der Waals surface area contributed by atoms with Crippen molar-refractivity contribution in [2.45, 2.75) is 51.0 Å². The first-order valence-corrected chi connectivity index (χ1v) is 9.63. The molecule has 2 saturated heterocycles. The third kappa shape index (κ3) is 6.12. The normalized spacial score (nSPS) is 22.5. The fraction of sp³-hybridized carbons (Fsp3) is 0.737. The first kappa shape index (κ1) is 20.4. The van der Waals surface area contributed by atoms with E-state index >= 15 is 0 Å². The van der Waals surface area contributed by atoms with Gasteiger partial charge >= 0.3 is 5.97 Å². The molecule has 26 heavy (non-hydrogen) atoms. The SMILES string of the molecule is C=CC[C@H](NC(=O)[C@@H]1CCCN(C(=O)CCC2CCNCC2)C1)C(=O)O. The minimum Gasteiger partial charge on any atom is -0.480 e. The summed E-state index contributed by atoms with van der Waals surface area (Å²) >= 11 is 0. The highest BCUT2D eigenvalue weighted by Crippen LogP contribution is 2.21. The summed E-state index contributed by atoms with van der Waals surface area (Å²) in [5, 5.41) is 15.1. The van der Waals surface area contributed by atoms with Crippen LogP contribution in [0.2, 0.25) is 0 Å². The Morgan fingerprint density at radius 3 is 2.65 bits per heavy atom. The van der Waals surface area contributed by atoms with Gasteiger partial charge in [-0.25, -0.2) is 4.79 Å². The van der Waals surface area contributed by atoms with Crippen molar-refractivity contribution in [3.05, 3.63) is 12.7 Å². The summed E-state index contributed by atoms with van der Waals surface area (Å²) < 4.78 is 0. The summed E-state index contributed by atoms with van der Waals surface area (Å²) in [6.45, 7) is 6.65. The molecule has 146 valence electrons. The van der Waals surface area contributed by atoms with Gasteiger partial charge < -0.3 is 20.6 Å².